The van der Waals surface area contributed by atoms with Crippen LogP contribution in [0.4, 0.5) is 5.69 Å². The number of nitrogens with one attached hydrogen (secondary N) is 1. The van der Waals surface area contributed by atoms with E-state index in [-0.39, 0.29) is 12.5 Å². The van der Waals surface area contributed by atoms with Gasteiger partial charge in [0.25, 0.3) is 11.8 Å². The number of ether oxygens (including phenoxy) is 1. The topological polar surface area (TPSA) is 81.4 Å². The van der Waals surface area contributed by atoms with Crippen LogP contribution in [0.2, 0.25) is 0 Å². The molecule has 0 aliphatic carbocycles. The molecule has 3 aromatic rings. The van der Waals surface area contributed by atoms with Gasteiger partial charge in [-0.05, 0) is 35.4 Å². The van der Waals surface area contributed by atoms with Gasteiger partial charge >= 0.3 is 0 Å². The lowest BCUT2D eigenvalue weighted by Crippen LogP contribution is -2.20. The van der Waals surface area contributed by atoms with Crippen LogP contribution in [0.5, 0.6) is 5.75 Å². The minimum Gasteiger partial charge on any atom is -0.484 e. The third kappa shape index (κ3) is 4.48. The molecule has 0 atom stereocenters. The molecule has 0 saturated heterocycles. The van der Waals surface area contributed by atoms with E-state index >= 15 is 0 Å². The highest BCUT2D eigenvalue weighted by atomic mass is 16.5. The van der Waals surface area contributed by atoms with E-state index in [1.807, 2.05) is 42.5 Å². The zero-order chi connectivity index (χ0) is 18.4. The number of rotatable bonds is 6. The average Bonchev–Trinajstić information content (AvgIpc) is 2.67. The Kier molecular flexibility index (Phi) is 5.29. The molecular weight excluding hydrogens is 328 g/mol. The first-order valence-electron chi connectivity index (χ1n) is 8.10. The summed E-state index contributed by atoms with van der Waals surface area (Å²) in [5.74, 6) is -0.323. The Bertz CT molecular complexity index is 906. The maximum Gasteiger partial charge on any atom is 0.255 e. The van der Waals surface area contributed by atoms with Gasteiger partial charge in [0, 0.05) is 17.3 Å². The molecule has 0 radical (unpaired) electrons. The summed E-state index contributed by atoms with van der Waals surface area (Å²) in [6.07, 6.45) is 0. The Morgan fingerprint density at radius 1 is 0.846 bits per heavy atom. The van der Waals surface area contributed by atoms with Gasteiger partial charge in [-0.3, -0.25) is 9.59 Å². The van der Waals surface area contributed by atoms with Crippen LogP contribution in [0, 0.1) is 0 Å². The van der Waals surface area contributed by atoms with E-state index in [1.165, 1.54) is 0 Å². The van der Waals surface area contributed by atoms with Crippen molar-refractivity contribution in [3.63, 3.8) is 0 Å². The summed E-state index contributed by atoms with van der Waals surface area (Å²) < 4.78 is 5.23. The summed E-state index contributed by atoms with van der Waals surface area (Å²) in [5, 5.41) is 2.81. The van der Waals surface area contributed by atoms with Crippen LogP contribution in [-0.4, -0.2) is 18.4 Å². The van der Waals surface area contributed by atoms with Gasteiger partial charge in [0.05, 0.1) is 0 Å². The SMILES string of the molecule is NC(=O)COc1cccc(NC(=O)c2ccc(-c3ccccc3)cc2)c1. The van der Waals surface area contributed by atoms with Crippen LogP contribution in [0.15, 0.2) is 78.9 Å². The van der Waals surface area contributed by atoms with Gasteiger partial charge in [0.15, 0.2) is 6.61 Å². The van der Waals surface area contributed by atoms with Crippen molar-refractivity contribution in [2.45, 2.75) is 0 Å². The predicted molar refractivity (Wildman–Crippen MR) is 101 cm³/mol. The third-order valence-corrected chi connectivity index (χ3v) is 3.73. The van der Waals surface area contributed by atoms with Crippen molar-refractivity contribution < 1.29 is 14.3 Å². The number of hydrogen-bond donors (Lipinski definition) is 2. The van der Waals surface area contributed by atoms with Crippen molar-refractivity contribution in [3.8, 4) is 16.9 Å². The van der Waals surface area contributed by atoms with Crippen LogP contribution in [0.1, 0.15) is 10.4 Å². The molecule has 130 valence electrons. The van der Waals surface area contributed by atoms with Crippen LogP contribution >= 0.6 is 0 Å². The molecular formula is C21H18N2O3. The Hall–Kier alpha value is -3.60. The Labute approximate surface area is 151 Å². The molecule has 0 aliphatic rings. The molecule has 0 aliphatic heterocycles. The molecule has 0 fully saturated rings. The molecule has 0 spiro atoms. The second kappa shape index (κ2) is 7.98. The molecule has 5 nitrogen and oxygen atoms in total. The zero-order valence-electron chi connectivity index (χ0n) is 14.0. The van der Waals surface area contributed by atoms with Crippen LogP contribution < -0.4 is 15.8 Å². The fourth-order valence-corrected chi connectivity index (χ4v) is 2.47. The van der Waals surface area contributed by atoms with Gasteiger partial charge in [-0.2, -0.15) is 0 Å². The van der Waals surface area contributed by atoms with Crippen molar-refractivity contribution in [2.75, 3.05) is 11.9 Å². The molecule has 3 aromatic carbocycles. The van der Waals surface area contributed by atoms with Gasteiger partial charge in [-0.25, -0.2) is 0 Å². The highest BCUT2D eigenvalue weighted by molar-refractivity contribution is 6.04. The van der Waals surface area contributed by atoms with E-state index in [0.717, 1.165) is 11.1 Å². The van der Waals surface area contributed by atoms with Gasteiger partial charge in [0.1, 0.15) is 5.75 Å². The third-order valence-electron chi connectivity index (χ3n) is 3.73. The highest BCUT2D eigenvalue weighted by Crippen LogP contribution is 2.21. The first kappa shape index (κ1) is 17.2. The first-order chi connectivity index (χ1) is 12.6. The number of carbonyl (C=O) groups excluding carboxylic acids is 2. The highest BCUT2D eigenvalue weighted by Gasteiger charge is 2.07. The maximum atomic E-state index is 12.4. The molecule has 0 aromatic heterocycles. The van der Waals surface area contributed by atoms with Gasteiger partial charge < -0.3 is 15.8 Å². The largest absolute Gasteiger partial charge is 0.484 e. The van der Waals surface area contributed by atoms with E-state index in [4.69, 9.17) is 10.5 Å². The van der Waals surface area contributed by atoms with Gasteiger partial charge in [-0.15, -0.1) is 0 Å². The lowest BCUT2D eigenvalue weighted by Gasteiger charge is -2.09. The fraction of sp³-hybridized carbons (Fsp3) is 0.0476. The molecule has 0 heterocycles. The minimum atomic E-state index is -0.557. The van der Waals surface area contributed by atoms with E-state index in [9.17, 15) is 9.59 Å². The Balaban J connectivity index is 1.68. The summed E-state index contributed by atoms with van der Waals surface area (Å²) in [4.78, 5) is 23.2. The average molecular weight is 346 g/mol. The number of benzene rings is 3. The van der Waals surface area contributed by atoms with Crippen LogP contribution in [0.3, 0.4) is 0 Å². The normalized spacial score (nSPS) is 10.2. The van der Waals surface area contributed by atoms with Crippen LogP contribution in [-0.2, 0) is 4.79 Å². The Morgan fingerprint density at radius 2 is 1.54 bits per heavy atom. The summed E-state index contributed by atoms with van der Waals surface area (Å²) in [6.45, 7) is -0.210. The monoisotopic (exact) mass is 346 g/mol. The minimum absolute atomic E-state index is 0.210. The quantitative estimate of drug-likeness (QED) is 0.717. The molecule has 3 rings (SSSR count). The Morgan fingerprint density at radius 3 is 2.23 bits per heavy atom. The molecule has 3 N–H and O–H groups in total. The summed E-state index contributed by atoms with van der Waals surface area (Å²) in [7, 11) is 0. The van der Waals surface area contributed by atoms with Gasteiger partial charge in [-0.1, -0.05) is 48.5 Å². The predicted octanol–water partition coefficient (Wildman–Crippen LogP) is 3.47. The second-order valence-corrected chi connectivity index (χ2v) is 5.68. The second-order valence-electron chi connectivity index (χ2n) is 5.68. The number of primary amides is 1. The number of hydrogen-bond acceptors (Lipinski definition) is 3. The summed E-state index contributed by atoms with van der Waals surface area (Å²) in [5.41, 5.74) is 8.32. The maximum absolute atomic E-state index is 12.4. The lowest BCUT2D eigenvalue weighted by molar-refractivity contribution is -0.119. The first-order valence-corrected chi connectivity index (χ1v) is 8.10. The number of amides is 2. The molecule has 0 unspecified atom stereocenters. The summed E-state index contributed by atoms with van der Waals surface area (Å²) >= 11 is 0. The number of nitrogens with two attached hydrogens (primary N) is 1. The number of anilines is 1. The van der Waals surface area contributed by atoms with Crippen molar-refractivity contribution in [2.24, 2.45) is 5.73 Å². The lowest BCUT2D eigenvalue weighted by atomic mass is 10.0. The standard InChI is InChI=1S/C21H18N2O3/c22-20(24)14-26-19-8-4-7-18(13-19)23-21(25)17-11-9-16(10-12-17)15-5-2-1-3-6-15/h1-13H,14H2,(H2,22,24)(H,23,25). The molecule has 2 amide bonds. The summed E-state index contributed by atoms with van der Waals surface area (Å²) in [6, 6.07) is 24.1. The number of carbonyl (C=O) groups is 2. The fourth-order valence-electron chi connectivity index (χ4n) is 2.47. The van der Waals surface area contributed by atoms with Crippen molar-refractivity contribution in [3.05, 3.63) is 84.4 Å². The van der Waals surface area contributed by atoms with E-state index in [2.05, 4.69) is 5.32 Å². The smallest absolute Gasteiger partial charge is 0.255 e. The molecule has 0 bridgehead atoms. The van der Waals surface area contributed by atoms with E-state index in [1.54, 1.807) is 36.4 Å². The zero-order valence-corrected chi connectivity index (χ0v) is 14.0. The van der Waals surface area contributed by atoms with Crippen molar-refractivity contribution in [1.82, 2.24) is 0 Å². The van der Waals surface area contributed by atoms with E-state index in [0.29, 0.717) is 17.0 Å². The van der Waals surface area contributed by atoms with Gasteiger partial charge in [0.2, 0.25) is 0 Å². The van der Waals surface area contributed by atoms with Crippen molar-refractivity contribution in [1.29, 1.82) is 0 Å². The molecule has 5 heteroatoms. The van der Waals surface area contributed by atoms with Crippen molar-refractivity contribution >= 4 is 17.5 Å². The molecule has 0 saturated carbocycles. The van der Waals surface area contributed by atoms with Crippen LogP contribution in [0.25, 0.3) is 11.1 Å². The molecule has 26 heavy (non-hydrogen) atoms. The van der Waals surface area contributed by atoms with E-state index < -0.39 is 5.91 Å².